The number of carbonyl (C=O) groups is 2. The summed E-state index contributed by atoms with van der Waals surface area (Å²) in [6, 6.07) is 7.05. The third-order valence-corrected chi connectivity index (χ3v) is 4.80. The van der Waals surface area contributed by atoms with E-state index in [1.165, 1.54) is 28.9 Å². The number of carboxylic acids is 1. The minimum atomic E-state index is -1.12. The second-order valence-electron chi connectivity index (χ2n) is 6.34. The standard InChI is InChI=1S/C19H22FN3O4/c1-4-19(5-2,18(26)27)11-21-17(25)16-15(24)10-12(3)23(22-16)14-9-7-6-8-13(14)20/h6-10H,4-5,11H2,1-3H3,(H,21,25)(H,26,27). The van der Waals surface area contributed by atoms with E-state index in [1.54, 1.807) is 26.8 Å². The molecule has 1 heterocycles. The van der Waals surface area contributed by atoms with Gasteiger partial charge in [0.15, 0.2) is 5.69 Å². The fraction of sp³-hybridized carbons (Fsp3) is 0.368. The van der Waals surface area contributed by atoms with Crippen molar-refractivity contribution in [2.45, 2.75) is 33.6 Å². The van der Waals surface area contributed by atoms with Crippen molar-refractivity contribution in [1.82, 2.24) is 15.1 Å². The van der Waals surface area contributed by atoms with Crippen LogP contribution in [0.5, 0.6) is 0 Å². The van der Waals surface area contributed by atoms with Gasteiger partial charge in [0, 0.05) is 18.3 Å². The molecule has 0 saturated carbocycles. The molecule has 0 atom stereocenters. The van der Waals surface area contributed by atoms with Gasteiger partial charge in [0.05, 0.1) is 5.41 Å². The zero-order valence-electron chi connectivity index (χ0n) is 15.5. The molecule has 2 rings (SSSR count). The normalized spacial score (nSPS) is 11.3. The number of nitrogens with one attached hydrogen (secondary N) is 1. The number of nitrogens with zero attached hydrogens (tertiary/aromatic N) is 2. The summed E-state index contributed by atoms with van der Waals surface area (Å²) in [5.74, 6) is -2.36. The van der Waals surface area contributed by atoms with Crippen LogP contribution in [-0.4, -0.2) is 33.3 Å². The summed E-state index contributed by atoms with van der Waals surface area (Å²) in [4.78, 5) is 36.2. The quantitative estimate of drug-likeness (QED) is 0.773. The third-order valence-electron chi connectivity index (χ3n) is 4.80. The number of para-hydroxylation sites is 1. The Kier molecular flexibility index (Phi) is 6.09. The molecule has 0 spiro atoms. The molecule has 0 fully saturated rings. The summed E-state index contributed by atoms with van der Waals surface area (Å²) in [7, 11) is 0. The molecule has 0 radical (unpaired) electrons. The molecular formula is C19H22FN3O4. The number of amides is 1. The Morgan fingerprint density at radius 1 is 1.26 bits per heavy atom. The molecule has 144 valence electrons. The van der Waals surface area contributed by atoms with Crippen molar-refractivity contribution in [2.75, 3.05) is 6.54 Å². The van der Waals surface area contributed by atoms with E-state index in [0.717, 1.165) is 0 Å². The minimum absolute atomic E-state index is 0.103. The van der Waals surface area contributed by atoms with Gasteiger partial charge in [-0.3, -0.25) is 14.4 Å². The topological polar surface area (TPSA) is 101 Å². The number of hydrogen-bond acceptors (Lipinski definition) is 4. The van der Waals surface area contributed by atoms with E-state index < -0.39 is 34.2 Å². The zero-order chi connectivity index (χ0) is 20.2. The van der Waals surface area contributed by atoms with Gasteiger partial charge in [-0.1, -0.05) is 26.0 Å². The number of benzene rings is 1. The summed E-state index contributed by atoms with van der Waals surface area (Å²) in [6.07, 6.45) is 0.639. The Labute approximate surface area is 155 Å². The SMILES string of the molecule is CCC(CC)(CNC(=O)c1nn(-c2ccccc2F)c(C)cc1=O)C(=O)O. The van der Waals surface area contributed by atoms with E-state index in [1.807, 2.05) is 0 Å². The van der Waals surface area contributed by atoms with Gasteiger partial charge in [-0.25, -0.2) is 9.07 Å². The van der Waals surface area contributed by atoms with Gasteiger partial charge in [0.25, 0.3) is 5.91 Å². The first-order valence-corrected chi connectivity index (χ1v) is 8.63. The highest BCUT2D eigenvalue weighted by Gasteiger charge is 2.35. The zero-order valence-corrected chi connectivity index (χ0v) is 15.5. The Morgan fingerprint density at radius 3 is 2.44 bits per heavy atom. The first-order valence-electron chi connectivity index (χ1n) is 8.63. The largest absolute Gasteiger partial charge is 0.481 e. The van der Waals surface area contributed by atoms with Crippen molar-refractivity contribution in [3.05, 3.63) is 57.8 Å². The molecule has 0 unspecified atom stereocenters. The van der Waals surface area contributed by atoms with Crippen LogP contribution in [0.2, 0.25) is 0 Å². The van der Waals surface area contributed by atoms with Crippen LogP contribution in [0.25, 0.3) is 5.69 Å². The van der Waals surface area contributed by atoms with Gasteiger partial charge in [0.2, 0.25) is 5.43 Å². The summed E-state index contributed by atoms with van der Waals surface area (Å²) in [5.41, 5.74) is -1.69. The highest BCUT2D eigenvalue weighted by molar-refractivity contribution is 5.92. The Balaban J connectivity index is 2.37. The summed E-state index contributed by atoms with van der Waals surface area (Å²) in [5, 5.41) is 15.9. The number of carbonyl (C=O) groups excluding carboxylic acids is 1. The summed E-state index contributed by atoms with van der Waals surface area (Å²) in [6.45, 7) is 4.88. The predicted molar refractivity (Wildman–Crippen MR) is 97.5 cm³/mol. The summed E-state index contributed by atoms with van der Waals surface area (Å²) >= 11 is 0. The average Bonchev–Trinajstić information content (AvgIpc) is 2.63. The molecule has 27 heavy (non-hydrogen) atoms. The first kappa shape index (κ1) is 20.3. The van der Waals surface area contributed by atoms with Crippen LogP contribution in [-0.2, 0) is 4.79 Å². The van der Waals surface area contributed by atoms with Gasteiger partial charge >= 0.3 is 5.97 Å². The highest BCUT2D eigenvalue weighted by atomic mass is 19.1. The number of halogens is 1. The average molecular weight is 375 g/mol. The molecule has 0 aliphatic heterocycles. The fourth-order valence-electron chi connectivity index (χ4n) is 2.78. The maximum atomic E-state index is 14.1. The molecular weight excluding hydrogens is 353 g/mol. The van der Waals surface area contributed by atoms with Gasteiger partial charge < -0.3 is 10.4 Å². The number of rotatable bonds is 7. The summed E-state index contributed by atoms with van der Waals surface area (Å²) < 4.78 is 15.2. The minimum Gasteiger partial charge on any atom is -0.481 e. The maximum absolute atomic E-state index is 14.1. The molecule has 1 amide bonds. The van der Waals surface area contributed by atoms with Crippen molar-refractivity contribution >= 4 is 11.9 Å². The lowest BCUT2D eigenvalue weighted by Gasteiger charge is -2.26. The van der Waals surface area contributed by atoms with Crippen LogP contribution in [0.3, 0.4) is 0 Å². The van der Waals surface area contributed by atoms with Crippen molar-refractivity contribution in [3.8, 4) is 5.69 Å². The third kappa shape index (κ3) is 4.05. The second kappa shape index (κ2) is 8.11. The number of aryl methyl sites for hydroxylation is 1. The van der Waals surface area contributed by atoms with Gasteiger partial charge in [-0.2, -0.15) is 5.10 Å². The lowest BCUT2D eigenvalue weighted by atomic mass is 9.82. The highest BCUT2D eigenvalue weighted by Crippen LogP contribution is 2.25. The van der Waals surface area contributed by atoms with Crippen molar-refractivity contribution < 1.29 is 19.1 Å². The van der Waals surface area contributed by atoms with Crippen LogP contribution in [0.4, 0.5) is 4.39 Å². The smallest absolute Gasteiger partial charge is 0.311 e. The van der Waals surface area contributed by atoms with E-state index >= 15 is 0 Å². The Morgan fingerprint density at radius 2 is 1.89 bits per heavy atom. The van der Waals surface area contributed by atoms with Crippen LogP contribution in [0, 0.1) is 18.2 Å². The maximum Gasteiger partial charge on any atom is 0.311 e. The number of aliphatic carboxylic acids is 1. The predicted octanol–water partition coefficient (Wildman–Crippen LogP) is 2.30. The van der Waals surface area contributed by atoms with Gasteiger partial charge in [-0.15, -0.1) is 0 Å². The molecule has 1 aromatic carbocycles. The molecule has 0 saturated heterocycles. The van der Waals surface area contributed by atoms with Crippen molar-refractivity contribution in [3.63, 3.8) is 0 Å². The Bertz CT molecular complexity index is 919. The number of hydrogen-bond donors (Lipinski definition) is 2. The number of carboxylic acid groups (broad SMARTS) is 1. The van der Waals surface area contributed by atoms with E-state index in [0.29, 0.717) is 18.5 Å². The molecule has 2 aromatic rings. The van der Waals surface area contributed by atoms with Gasteiger partial charge in [0.1, 0.15) is 11.5 Å². The molecule has 8 heteroatoms. The van der Waals surface area contributed by atoms with Crippen molar-refractivity contribution in [1.29, 1.82) is 0 Å². The fourth-order valence-corrected chi connectivity index (χ4v) is 2.78. The lowest BCUT2D eigenvalue weighted by Crippen LogP contribution is -2.43. The molecule has 1 aromatic heterocycles. The van der Waals surface area contributed by atoms with Crippen LogP contribution >= 0.6 is 0 Å². The first-order chi connectivity index (χ1) is 12.8. The molecule has 2 N–H and O–H groups in total. The van der Waals surface area contributed by atoms with Crippen LogP contribution in [0.15, 0.2) is 35.1 Å². The molecule has 0 aliphatic rings. The Hall–Kier alpha value is -3.03. The number of aromatic nitrogens is 2. The van der Waals surface area contributed by atoms with E-state index in [2.05, 4.69) is 10.4 Å². The lowest BCUT2D eigenvalue weighted by molar-refractivity contribution is -0.149. The monoisotopic (exact) mass is 375 g/mol. The van der Waals surface area contributed by atoms with Gasteiger partial charge in [-0.05, 0) is 31.9 Å². The van der Waals surface area contributed by atoms with E-state index in [9.17, 15) is 23.9 Å². The second-order valence-corrected chi connectivity index (χ2v) is 6.34. The van der Waals surface area contributed by atoms with Crippen LogP contribution in [0.1, 0.15) is 42.9 Å². The van der Waals surface area contributed by atoms with E-state index in [4.69, 9.17) is 0 Å². The molecule has 7 nitrogen and oxygen atoms in total. The van der Waals surface area contributed by atoms with E-state index in [-0.39, 0.29) is 12.2 Å². The molecule has 0 aliphatic carbocycles. The van der Waals surface area contributed by atoms with Crippen molar-refractivity contribution in [2.24, 2.45) is 5.41 Å². The molecule has 0 bridgehead atoms. The van der Waals surface area contributed by atoms with Crippen LogP contribution < -0.4 is 10.7 Å².